The molecule has 0 atom stereocenters. The van der Waals surface area contributed by atoms with Crippen LogP contribution in [0.3, 0.4) is 0 Å². The van der Waals surface area contributed by atoms with E-state index in [1.54, 1.807) is 12.4 Å². The molecule has 82 valence electrons. The van der Waals surface area contributed by atoms with Gasteiger partial charge in [-0.15, -0.1) is 0 Å². The lowest BCUT2D eigenvalue weighted by Crippen LogP contribution is -2.14. The molecule has 2 rings (SSSR count). The van der Waals surface area contributed by atoms with Gasteiger partial charge in [0.15, 0.2) is 11.6 Å². The van der Waals surface area contributed by atoms with Crippen molar-refractivity contribution < 1.29 is 4.74 Å². The molecule has 0 fully saturated rings. The smallest absolute Gasteiger partial charge is 0.159 e. The third kappa shape index (κ3) is 2.55. The van der Waals surface area contributed by atoms with Crippen molar-refractivity contribution in [3.63, 3.8) is 0 Å². The van der Waals surface area contributed by atoms with E-state index in [0.29, 0.717) is 18.3 Å². The monoisotopic (exact) mass is 215 g/mol. The molecule has 1 N–H and O–H groups in total. The van der Waals surface area contributed by atoms with E-state index in [2.05, 4.69) is 15.3 Å². The Labute approximate surface area is 94.3 Å². The first-order valence-corrected chi connectivity index (χ1v) is 5.05. The molecule has 0 aliphatic heterocycles. The SMILES string of the molecule is CNCOc1cnc(-c2ccccc2)nc1. The number of hydrogen-bond acceptors (Lipinski definition) is 4. The number of benzene rings is 1. The van der Waals surface area contributed by atoms with Crippen LogP contribution in [0.2, 0.25) is 0 Å². The van der Waals surface area contributed by atoms with Crippen molar-refractivity contribution in [2.75, 3.05) is 13.8 Å². The summed E-state index contributed by atoms with van der Waals surface area (Å²) in [6, 6.07) is 9.84. The Morgan fingerprint density at radius 1 is 1.12 bits per heavy atom. The summed E-state index contributed by atoms with van der Waals surface area (Å²) in [5, 5.41) is 2.88. The van der Waals surface area contributed by atoms with Gasteiger partial charge in [-0.05, 0) is 7.05 Å². The standard InChI is InChI=1S/C12H13N3O/c1-13-9-16-11-7-14-12(15-8-11)10-5-3-2-4-6-10/h2-8,13H,9H2,1H3. The first-order valence-electron chi connectivity index (χ1n) is 5.05. The van der Waals surface area contributed by atoms with E-state index >= 15 is 0 Å². The van der Waals surface area contributed by atoms with Crippen LogP contribution < -0.4 is 10.1 Å². The van der Waals surface area contributed by atoms with Crippen molar-refractivity contribution >= 4 is 0 Å². The van der Waals surface area contributed by atoms with E-state index in [1.165, 1.54) is 0 Å². The lowest BCUT2D eigenvalue weighted by molar-refractivity contribution is 0.294. The van der Waals surface area contributed by atoms with Crippen LogP contribution in [-0.2, 0) is 0 Å². The second-order valence-electron chi connectivity index (χ2n) is 3.25. The summed E-state index contributed by atoms with van der Waals surface area (Å²) in [7, 11) is 1.82. The topological polar surface area (TPSA) is 47.0 Å². The van der Waals surface area contributed by atoms with Crippen molar-refractivity contribution in [1.29, 1.82) is 0 Å². The quantitative estimate of drug-likeness (QED) is 0.788. The molecule has 0 aliphatic rings. The molecule has 16 heavy (non-hydrogen) atoms. The molecule has 2 aromatic rings. The molecular formula is C12H13N3O. The highest BCUT2D eigenvalue weighted by Crippen LogP contribution is 2.15. The first kappa shape index (κ1) is 10.6. The van der Waals surface area contributed by atoms with E-state index in [4.69, 9.17) is 4.74 Å². The zero-order chi connectivity index (χ0) is 11.2. The van der Waals surface area contributed by atoms with Crippen molar-refractivity contribution in [1.82, 2.24) is 15.3 Å². The van der Waals surface area contributed by atoms with Gasteiger partial charge in [-0.25, -0.2) is 9.97 Å². The summed E-state index contributed by atoms with van der Waals surface area (Å²) in [5.41, 5.74) is 1.00. The Bertz CT molecular complexity index is 428. The van der Waals surface area contributed by atoms with Gasteiger partial charge in [0, 0.05) is 5.56 Å². The van der Waals surface area contributed by atoms with Gasteiger partial charge < -0.3 is 4.74 Å². The molecule has 1 aromatic carbocycles. The molecule has 0 amide bonds. The second-order valence-corrected chi connectivity index (χ2v) is 3.25. The summed E-state index contributed by atoms with van der Waals surface area (Å²) in [6.45, 7) is 0.452. The largest absolute Gasteiger partial charge is 0.475 e. The van der Waals surface area contributed by atoms with Crippen LogP contribution in [0, 0.1) is 0 Å². The predicted molar refractivity (Wildman–Crippen MR) is 62.0 cm³/mol. The zero-order valence-corrected chi connectivity index (χ0v) is 9.05. The Hall–Kier alpha value is -1.94. The molecule has 0 unspecified atom stereocenters. The number of ether oxygens (including phenoxy) is 1. The van der Waals surface area contributed by atoms with Crippen LogP contribution in [-0.4, -0.2) is 23.7 Å². The fourth-order valence-electron chi connectivity index (χ4n) is 1.28. The van der Waals surface area contributed by atoms with Gasteiger partial charge in [0.2, 0.25) is 0 Å². The van der Waals surface area contributed by atoms with Crippen LogP contribution in [0.1, 0.15) is 0 Å². The first-order chi connectivity index (χ1) is 7.90. The lowest BCUT2D eigenvalue weighted by Gasteiger charge is -2.04. The van der Waals surface area contributed by atoms with Crippen LogP contribution in [0.5, 0.6) is 5.75 Å². The molecule has 0 saturated heterocycles. The van der Waals surface area contributed by atoms with Crippen molar-refractivity contribution in [3.8, 4) is 17.1 Å². The van der Waals surface area contributed by atoms with Gasteiger partial charge in [-0.3, -0.25) is 5.32 Å². The molecule has 0 radical (unpaired) electrons. The van der Waals surface area contributed by atoms with Crippen LogP contribution in [0.4, 0.5) is 0 Å². The van der Waals surface area contributed by atoms with Gasteiger partial charge in [0.05, 0.1) is 12.4 Å². The van der Waals surface area contributed by atoms with Crippen LogP contribution in [0.25, 0.3) is 11.4 Å². The Morgan fingerprint density at radius 2 is 1.81 bits per heavy atom. The number of nitrogens with one attached hydrogen (secondary N) is 1. The Morgan fingerprint density at radius 3 is 2.44 bits per heavy atom. The minimum Gasteiger partial charge on any atom is -0.475 e. The van der Waals surface area contributed by atoms with E-state index in [-0.39, 0.29) is 0 Å². The van der Waals surface area contributed by atoms with Crippen molar-refractivity contribution in [2.45, 2.75) is 0 Å². The van der Waals surface area contributed by atoms with E-state index < -0.39 is 0 Å². The van der Waals surface area contributed by atoms with Gasteiger partial charge in [-0.1, -0.05) is 30.3 Å². The number of aromatic nitrogens is 2. The van der Waals surface area contributed by atoms with Gasteiger partial charge in [-0.2, -0.15) is 0 Å². The van der Waals surface area contributed by atoms with E-state index in [9.17, 15) is 0 Å². The molecule has 4 heteroatoms. The summed E-state index contributed by atoms with van der Waals surface area (Å²) < 4.78 is 5.31. The lowest BCUT2D eigenvalue weighted by atomic mass is 10.2. The van der Waals surface area contributed by atoms with Gasteiger partial charge >= 0.3 is 0 Å². The third-order valence-corrected chi connectivity index (χ3v) is 2.04. The molecule has 1 heterocycles. The fraction of sp³-hybridized carbons (Fsp3) is 0.167. The fourth-order valence-corrected chi connectivity index (χ4v) is 1.28. The van der Waals surface area contributed by atoms with Gasteiger partial charge in [0.1, 0.15) is 6.73 Å². The summed E-state index contributed by atoms with van der Waals surface area (Å²) >= 11 is 0. The molecular weight excluding hydrogens is 202 g/mol. The number of hydrogen-bond donors (Lipinski definition) is 1. The second kappa shape index (κ2) is 5.23. The maximum absolute atomic E-state index is 5.31. The molecule has 0 saturated carbocycles. The average Bonchev–Trinajstić information content (AvgIpc) is 2.38. The maximum atomic E-state index is 5.31. The average molecular weight is 215 g/mol. The highest BCUT2D eigenvalue weighted by atomic mass is 16.5. The molecule has 1 aromatic heterocycles. The maximum Gasteiger partial charge on any atom is 0.159 e. The Balaban J connectivity index is 2.13. The predicted octanol–water partition coefficient (Wildman–Crippen LogP) is 1.70. The Kier molecular flexibility index (Phi) is 3.46. The molecule has 0 aliphatic carbocycles. The molecule has 4 nitrogen and oxygen atoms in total. The minimum absolute atomic E-state index is 0.452. The van der Waals surface area contributed by atoms with Crippen molar-refractivity contribution in [2.24, 2.45) is 0 Å². The normalized spacial score (nSPS) is 10.1. The van der Waals surface area contributed by atoms with Gasteiger partial charge in [0.25, 0.3) is 0 Å². The summed E-state index contributed by atoms with van der Waals surface area (Å²) in [4.78, 5) is 8.48. The summed E-state index contributed by atoms with van der Waals surface area (Å²) in [6.07, 6.45) is 3.35. The van der Waals surface area contributed by atoms with E-state index in [1.807, 2.05) is 37.4 Å². The third-order valence-electron chi connectivity index (χ3n) is 2.04. The van der Waals surface area contributed by atoms with E-state index in [0.717, 1.165) is 5.56 Å². The highest BCUT2D eigenvalue weighted by Gasteiger charge is 2.00. The molecule has 0 spiro atoms. The molecule has 0 bridgehead atoms. The minimum atomic E-state index is 0.452. The van der Waals surface area contributed by atoms with Crippen LogP contribution in [0.15, 0.2) is 42.7 Å². The number of nitrogens with zero attached hydrogens (tertiary/aromatic N) is 2. The zero-order valence-electron chi connectivity index (χ0n) is 9.05. The van der Waals surface area contributed by atoms with Crippen molar-refractivity contribution in [3.05, 3.63) is 42.7 Å². The van der Waals surface area contributed by atoms with Crippen LogP contribution >= 0.6 is 0 Å². The highest BCUT2D eigenvalue weighted by molar-refractivity contribution is 5.54. The number of rotatable bonds is 4. The summed E-state index contributed by atoms with van der Waals surface area (Å²) in [5.74, 6) is 1.37.